The summed E-state index contributed by atoms with van der Waals surface area (Å²) in [5.74, 6) is 0. The molecule has 1 aliphatic carbocycles. The molecule has 0 spiro atoms. The zero-order valence-electron chi connectivity index (χ0n) is 8.35. The van der Waals surface area contributed by atoms with E-state index in [1.54, 1.807) is 0 Å². The molecule has 0 radical (unpaired) electrons. The molecule has 0 heterocycles. The first-order chi connectivity index (χ1) is 6.24. The van der Waals surface area contributed by atoms with Crippen LogP contribution in [-0.2, 0) is 0 Å². The Bertz CT molecular complexity index is 166. The SMILES string of the molecule is C=C(Cl)CNCCN(CC)C1CC1. The monoisotopic (exact) mass is 202 g/mol. The summed E-state index contributed by atoms with van der Waals surface area (Å²) in [6, 6.07) is 0.867. The third-order valence-electron chi connectivity index (χ3n) is 2.36. The van der Waals surface area contributed by atoms with E-state index in [1.807, 2.05) is 0 Å². The summed E-state index contributed by atoms with van der Waals surface area (Å²) in [5, 5.41) is 3.95. The lowest BCUT2D eigenvalue weighted by Gasteiger charge is -2.19. The maximum atomic E-state index is 5.63. The van der Waals surface area contributed by atoms with Gasteiger partial charge in [0.25, 0.3) is 0 Å². The molecule has 76 valence electrons. The molecule has 1 aliphatic rings. The van der Waals surface area contributed by atoms with E-state index in [0.29, 0.717) is 5.03 Å². The maximum Gasteiger partial charge on any atom is 0.0307 e. The lowest BCUT2D eigenvalue weighted by molar-refractivity contribution is 0.278. The van der Waals surface area contributed by atoms with Gasteiger partial charge < -0.3 is 5.32 Å². The van der Waals surface area contributed by atoms with Crippen LogP contribution in [0.4, 0.5) is 0 Å². The second-order valence-corrected chi connectivity index (χ2v) is 4.09. The van der Waals surface area contributed by atoms with E-state index >= 15 is 0 Å². The van der Waals surface area contributed by atoms with Crippen molar-refractivity contribution in [2.24, 2.45) is 0 Å². The first-order valence-electron chi connectivity index (χ1n) is 5.02. The van der Waals surface area contributed by atoms with Gasteiger partial charge in [0.2, 0.25) is 0 Å². The fraction of sp³-hybridized carbons (Fsp3) is 0.800. The van der Waals surface area contributed by atoms with Crippen LogP contribution in [0.5, 0.6) is 0 Å². The van der Waals surface area contributed by atoms with Crippen LogP contribution in [0.2, 0.25) is 0 Å². The van der Waals surface area contributed by atoms with Gasteiger partial charge in [-0.1, -0.05) is 25.1 Å². The number of likely N-dealkylation sites (N-methyl/N-ethyl adjacent to an activating group) is 1. The standard InChI is InChI=1S/C10H19ClN2/c1-3-13(10-4-5-10)7-6-12-8-9(2)11/h10,12H,2-8H2,1H3. The molecule has 0 bridgehead atoms. The van der Waals surface area contributed by atoms with Crippen LogP contribution in [0.15, 0.2) is 11.6 Å². The van der Waals surface area contributed by atoms with Crippen LogP contribution in [-0.4, -0.2) is 37.1 Å². The molecule has 1 fully saturated rings. The predicted molar refractivity (Wildman–Crippen MR) is 58.1 cm³/mol. The molecule has 0 aromatic heterocycles. The van der Waals surface area contributed by atoms with Gasteiger partial charge in [-0.05, 0) is 19.4 Å². The Balaban J connectivity index is 1.99. The van der Waals surface area contributed by atoms with Crippen molar-refractivity contribution in [3.8, 4) is 0 Å². The van der Waals surface area contributed by atoms with E-state index in [2.05, 4.69) is 23.7 Å². The van der Waals surface area contributed by atoms with Crippen molar-refractivity contribution in [2.75, 3.05) is 26.2 Å². The highest BCUT2D eigenvalue weighted by Crippen LogP contribution is 2.25. The lowest BCUT2D eigenvalue weighted by Crippen LogP contribution is -2.33. The molecule has 13 heavy (non-hydrogen) atoms. The Morgan fingerprint density at radius 1 is 1.62 bits per heavy atom. The predicted octanol–water partition coefficient (Wildman–Crippen LogP) is 1.81. The van der Waals surface area contributed by atoms with Crippen molar-refractivity contribution in [2.45, 2.75) is 25.8 Å². The van der Waals surface area contributed by atoms with Crippen LogP contribution < -0.4 is 5.32 Å². The minimum atomic E-state index is 0.689. The molecular weight excluding hydrogens is 184 g/mol. The summed E-state index contributed by atoms with van der Waals surface area (Å²) in [6.07, 6.45) is 2.77. The van der Waals surface area contributed by atoms with Crippen LogP contribution in [0.1, 0.15) is 19.8 Å². The summed E-state index contributed by atoms with van der Waals surface area (Å²) >= 11 is 5.63. The third kappa shape index (κ3) is 4.65. The number of hydrogen-bond acceptors (Lipinski definition) is 2. The summed E-state index contributed by atoms with van der Waals surface area (Å²) in [6.45, 7) is 9.88. The quantitative estimate of drug-likeness (QED) is 0.634. The highest BCUT2D eigenvalue weighted by atomic mass is 35.5. The van der Waals surface area contributed by atoms with Gasteiger partial charge in [0.1, 0.15) is 0 Å². The van der Waals surface area contributed by atoms with Crippen molar-refractivity contribution in [1.82, 2.24) is 10.2 Å². The second-order valence-electron chi connectivity index (χ2n) is 3.55. The topological polar surface area (TPSA) is 15.3 Å². The fourth-order valence-electron chi connectivity index (χ4n) is 1.49. The molecular formula is C10H19ClN2. The number of halogens is 1. The average Bonchev–Trinajstić information content (AvgIpc) is 2.87. The van der Waals surface area contributed by atoms with E-state index in [4.69, 9.17) is 11.6 Å². The number of hydrogen-bond donors (Lipinski definition) is 1. The molecule has 1 N–H and O–H groups in total. The van der Waals surface area contributed by atoms with E-state index < -0.39 is 0 Å². The first kappa shape index (κ1) is 11.0. The molecule has 1 rings (SSSR count). The Morgan fingerprint density at radius 2 is 2.31 bits per heavy atom. The molecule has 1 saturated carbocycles. The largest absolute Gasteiger partial charge is 0.311 e. The summed E-state index contributed by atoms with van der Waals surface area (Å²) in [5.41, 5.74) is 0. The Labute approximate surface area is 85.9 Å². The van der Waals surface area contributed by atoms with Gasteiger partial charge in [-0.3, -0.25) is 4.90 Å². The van der Waals surface area contributed by atoms with Crippen molar-refractivity contribution in [3.05, 3.63) is 11.6 Å². The van der Waals surface area contributed by atoms with Gasteiger partial charge in [-0.25, -0.2) is 0 Å². The fourth-order valence-corrected chi connectivity index (χ4v) is 1.58. The number of rotatable bonds is 7. The lowest BCUT2D eigenvalue weighted by atomic mass is 10.4. The molecule has 0 aliphatic heterocycles. The smallest absolute Gasteiger partial charge is 0.0307 e. The van der Waals surface area contributed by atoms with E-state index in [9.17, 15) is 0 Å². The Kier molecular flexibility index (Phi) is 4.78. The maximum absolute atomic E-state index is 5.63. The molecule has 0 aromatic carbocycles. The second kappa shape index (κ2) is 5.63. The molecule has 0 aromatic rings. The van der Waals surface area contributed by atoms with Crippen LogP contribution in [0.25, 0.3) is 0 Å². The van der Waals surface area contributed by atoms with Crippen LogP contribution in [0, 0.1) is 0 Å². The Hall–Kier alpha value is -0.0500. The molecule has 0 atom stereocenters. The van der Waals surface area contributed by atoms with Crippen LogP contribution >= 0.6 is 11.6 Å². The normalized spacial score (nSPS) is 16.5. The molecule has 0 unspecified atom stereocenters. The van der Waals surface area contributed by atoms with E-state index in [0.717, 1.165) is 32.2 Å². The van der Waals surface area contributed by atoms with Crippen molar-refractivity contribution >= 4 is 11.6 Å². The average molecular weight is 203 g/mol. The Morgan fingerprint density at radius 3 is 2.77 bits per heavy atom. The van der Waals surface area contributed by atoms with Crippen molar-refractivity contribution in [3.63, 3.8) is 0 Å². The molecule has 0 amide bonds. The summed E-state index contributed by atoms with van der Waals surface area (Å²) < 4.78 is 0. The first-order valence-corrected chi connectivity index (χ1v) is 5.40. The third-order valence-corrected chi connectivity index (χ3v) is 2.50. The van der Waals surface area contributed by atoms with Gasteiger partial charge in [0.15, 0.2) is 0 Å². The van der Waals surface area contributed by atoms with Gasteiger partial charge in [-0.15, -0.1) is 0 Å². The van der Waals surface area contributed by atoms with Gasteiger partial charge in [-0.2, -0.15) is 0 Å². The zero-order chi connectivity index (χ0) is 9.68. The van der Waals surface area contributed by atoms with E-state index in [1.165, 1.54) is 12.8 Å². The molecule has 3 heteroatoms. The van der Waals surface area contributed by atoms with Gasteiger partial charge in [0, 0.05) is 30.7 Å². The van der Waals surface area contributed by atoms with Gasteiger partial charge >= 0.3 is 0 Å². The number of nitrogens with zero attached hydrogens (tertiary/aromatic N) is 1. The van der Waals surface area contributed by atoms with Crippen LogP contribution in [0.3, 0.4) is 0 Å². The minimum Gasteiger partial charge on any atom is -0.311 e. The zero-order valence-corrected chi connectivity index (χ0v) is 9.11. The molecule has 2 nitrogen and oxygen atoms in total. The van der Waals surface area contributed by atoms with Crippen molar-refractivity contribution < 1.29 is 0 Å². The summed E-state index contributed by atoms with van der Waals surface area (Å²) in [4.78, 5) is 2.52. The van der Waals surface area contributed by atoms with Crippen molar-refractivity contribution in [1.29, 1.82) is 0 Å². The van der Waals surface area contributed by atoms with Gasteiger partial charge in [0.05, 0.1) is 0 Å². The van der Waals surface area contributed by atoms with E-state index in [-0.39, 0.29) is 0 Å². The number of nitrogens with one attached hydrogen (secondary N) is 1. The summed E-state index contributed by atoms with van der Waals surface area (Å²) in [7, 11) is 0. The minimum absolute atomic E-state index is 0.689. The highest BCUT2D eigenvalue weighted by molar-refractivity contribution is 6.29. The molecule has 0 saturated heterocycles. The highest BCUT2D eigenvalue weighted by Gasteiger charge is 2.26.